The maximum Gasteiger partial charge on any atom is 0.173 e. The molecule has 2 aromatic carbocycles. The molecule has 0 saturated heterocycles. The van der Waals surface area contributed by atoms with Gasteiger partial charge in [-0.3, -0.25) is 0 Å². The lowest BCUT2D eigenvalue weighted by molar-refractivity contribution is 0.418. The first-order chi connectivity index (χ1) is 11.0. The Bertz CT molecular complexity index is 647. The molecule has 0 aliphatic rings. The molecular formula is C19H23ClN2S. The van der Waals surface area contributed by atoms with Crippen molar-refractivity contribution in [3.8, 4) is 0 Å². The molecule has 0 spiro atoms. The average Bonchev–Trinajstić information content (AvgIpc) is 2.51. The highest BCUT2D eigenvalue weighted by Gasteiger charge is 2.13. The smallest absolute Gasteiger partial charge is 0.173 e. The standard InChI is InChI=1S/C19H23ClN2S/c1-4-10-22(13-16-8-6-5-7-9-16)19(23)21-18-15(3)11-14(2)12-17(18)20/h5-9,11-12H,4,10,13H2,1-3H3,(H,21,23). The summed E-state index contributed by atoms with van der Waals surface area (Å²) in [7, 11) is 0. The predicted molar refractivity (Wildman–Crippen MR) is 104 cm³/mol. The van der Waals surface area contributed by atoms with Gasteiger partial charge in [0.05, 0.1) is 10.7 Å². The van der Waals surface area contributed by atoms with E-state index in [1.54, 1.807) is 0 Å². The Labute approximate surface area is 149 Å². The zero-order valence-electron chi connectivity index (χ0n) is 13.9. The van der Waals surface area contributed by atoms with Crippen LogP contribution in [-0.4, -0.2) is 16.6 Å². The van der Waals surface area contributed by atoms with Crippen LogP contribution in [0.1, 0.15) is 30.0 Å². The highest BCUT2D eigenvalue weighted by molar-refractivity contribution is 7.80. The Morgan fingerprint density at radius 1 is 1.17 bits per heavy atom. The van der Waals surface area contributed by atoms with Gasteiger partial charge in [0.1, 0.15) is 0 Å². The molecule has 0 radical (unpaired) electrons. The van der Waals surface area contributed by atoms with Crippen LogP contribution in [0.3, 0.4) is 0 Å². The first-order valence-corrected chi connectivity index (χ1v) is 8.66. The van der Waals surface area contributed by atoms with Crippen LogP contribution in [0.2, 0.25) is 5.02 Å². The minimum absolute atomic E-state index is 0.709. The molecule has 0 bridgehead atoms. The van der Waals surface area contributed by atoms with Gasteiger partial charge in [0.2, 0.25) is 0 Å². The minimum atomic E-state index is 0.709. The maximum atomic E-state index is 6.38. The van der Waals surface area contributed by atoms with Crippen molar-refractivity contribution in [2.75, 3.05) is 11.9 Å². The van der Waals surface area contributed by atoms with Crippen LogP contribution in [0.5, 0.6) is 0 Å². The number of benzene rings is 2. The summed E-state index contributed by atoms with van der Waals surface area (Å²) in [5.41, 5.74) is 4.40. The lowest BCUT2D eigenvalue weighted by Crippen LogP contribution is -2.35. The molecule has 2 nitrogen and oxygen atoms in total. The molecule has 1 N–H and O–H groups in total. The first-order valence-electron chi connectivity index (χ1n) is 7.88. The lowest BCUT2D eigenvalue weighted by Gasteiger charge is -2.26. The Kier molecular flexibility index (Phi) is 6.43. The summed E-state index contributed by atoms with van der Waals surface area (Å²) in [5.74, 6) is 0. The summed E-state index contributed by atoms with van der Waals surface area (Å²) < 4.78 is 0. The molecule has 2 rings (SSSR count). The van der Waals surface area contributed by atoms with Crippen LogP contribution in [0.15, 0.2) is 42.5 Å². The molecule has 0 heterocycles. The second-order valence-electron chi connectivity index (χ2n) is 5.78. The Hall–Kier alpha value is -1.58. The van der Waals surface area contributed by atoms with Crippen molar-refractivity contribution in [1.82, 2.24) is 4.90 Å². The molecule has 0 aliphatic carbocycles. The number of halogens is 1. The summed E-state index contributed by atoms with van der Waals surface area (Å²) in [6, 6.07) is 14.4. The summed E-state index contributed by atoms with van der Waals surface area (Å²) in [4.78, 5) is 2.18. The zero-order chi connectivity index (χ0) is 16.8. The zero-order valence-corrected chi connectivity index (χ0v) is 15.5. The number of anilines is 1. The monoisotopic (exact) mass is 346 g/mol. The van der Waals surface area contributed by atoms with E-state index in [1.807, 2.05) is 26.0 Å². The van der Waals surface area contributed by atoms with E-state index in [0.717, 1.165) is 36.3 Å². The van der Waals surface area contributed by atoms with Crippen LogP contribution in [0.4, 0.5) is 5.69 Å². The van der Waals surface area contributed by atoms with Crippen molar-refractivity contribution in [2.24, 2.45) is 0 Å². The number of aryl methyl sites for hydroxylation is 2. The Morgan fingerprint density at radius 2 is 1.87 bits per heavy atom. The van der Waals surface area contributed by atoms with E-state index in [9.17, 15) is 0 Å². The van der Waals surface area contributed by atoms with Gasteiger partial charge in [0, 0.05) is 13.1 Å². The number of nitrogens with zero attached hydrogens (tertiary/aromatic N) is 1. The molecule has 0 unspecified atom stereocenters. The fourth-order valence-corrected chi connectivity index (χ4v) is 3.21. The van der Waals surface area contributed by atoms with E-state index in [1.165, 1.54) is 5.56 Å². The average molecular weight is 347 g/mol. The lowest BCUT2D eigenvalue weighted by atomic mass is 10.1. The predicted octanol–water partition coefficient (Wildman–Crippen LogP) is 5.57. The van der Waals surface area contributed by atoms with Crippen molar-refractivity contribution in [3.63, 3.8) is 0 Å². The number of rotatable bonds is 5. The second-order valence-corrected chi connectivity index (χ2v) is 6.57. The molecule has 0 amide bonds. The summed E-state index contributed by atoms with van der Waals surface area (Å²) in [6.07, 6.45) is 1.04. The molecule has 0 aromatic heterocycles. The van der Waals surface area contributed by atoms with Gasteiger partial charge >= 0.3 is 0 Å². The topological polar surface area (TPSA) is 15.3 Å². The Morgan fingerprint density at radius 3 is 2.48 bits per heavy atom. The van der Waals surface area contributed by atoms with Crippen LogP contribution < -0.4 is 5.32 Å². The quantitative estimate of drug-likeness (QED) is 0.713. The fraction of sp³-hybridized carbons (Fsp3) is 0.316. The summed E-state index contributed by atoms with van der Waals surface area (Å²) in [5, 5.41) is 4.76. The summed E-state index contributed by atoms with van der Waals surface area (Å²) >= 11 is 12.0. The number of thiocarbonyl (C=S) groups is 1. The molecule has 0 atom stereocenters. The van der Waals surface area contributed by atoms with Crippen LogP contribution in [0.25, 0.3) is 0 Å². The fourth-order valence-electron chi connectivity index (χ4n) is 2.59. The first kappa shape index (κ1) is 17.8. The molecule has 23 heavy (non-hydrogen) atoms. The highest BCUT2D eigenvalue weighted by atomic mass is 35.5. The highest BCUT2D eigenvalue weighted by Crippen LogP contribution is 2.27. The van der Waals surface area contributed by atoms with Gasteiger partial charge in [-0.25, -0.2) is 0 Å². The molecule has 0 saturated carbocycles. The van der Waals surface area contributed by atoms with Gasteiger partial charge in [0.25, 0.3) is 0 Å². The van der Waals surface area contributed by atoms with E-state index < -0.39 is 0 Å². The minimum Gasteiger partial charge on any atom is -0.345 e. The summed E-state index contributed by atoms with van der Waals surface area (Å²) in [6.45, 7) is 7.95. The SMILES string of the molecule is CCCN(Cc1ccccc1)C(=S)Nc1c(C)cc(C)cc1Cl. The largest absolute Gasteiger partial charge is 0.345 e. The van der Waals surface area contributed by atoms with Gasteiger partial charge < -0.3 is 10.2 Å². The normalized spacial score (nSPS) is 10.4. The van der Waals surface area contributed by atoms with Gasteiger partial charge in [0.15, 0.2) is 5.11 Å². The van der Waals surface area contributed by atoms with Crippen molar-refractivity contribution >= 4 is 34.6 Å². The van der Waals surface area contributed by atoms with E-state index >= 15 is 0 Å². The third-order valence-electron chi connectivity index (χ3n) is 3.66. The number of hydrogen-bond donors (Lipinski definition) is 1. The van der Waals surface area contributed by atoms with Crippen LogP contribution in [-0.2, 0) is 6.54 Å². The van der Waals surface area contributed by atoms with Crippen LogP contribution in [0, 0.1) is 13.8 Å². The molecule has 2 aromatic rings. The van der Waals surface area contributed by atoms with Gasteiger partial charge in [-0.15, -0.1) is 0 Å². The van der Waals surface area contributed by atoms with Crippen molar-refractivity contribution in [3.05, 3.63) is 64.2 Å². The van der Waals surface area contributed by atoms with Gasteiger partial charge in [-0.05, 0) is 55.2 Å². The third-order valence-corrected chi connectivity index (χ3v) is 4.32. The molecule has 0 fully saturated rings. The van der Waals surface area contributed by atoms with E-state index in [4.69, 9.17) is 23.8 Å². The molecule has 0 aliphatic heterocycles. The van der Waals surface area contributed by atoms with Crippen molar-refractivity contribution in [1.29, 1.82) is 0 Å². The van der Waals surface area contributed by atoms with Crippen molar-refractivity contribution < 1.29 is 0 Å². The van der Waals surface area contributed by atoms with Crippen molar-refractivity contribution in [2.45, 2.75) is 33.7 Å². The van der Waals surface area contributed by atoms with E-state index in [-0.39, 0.29) is 0 Å². The van der Waals surface area contributed by atoms with E-state index in [0.29, 0.717) is 10.1 Å². The molecule has 4 heteroatoms. The third kappa shape index (κ3) is 4.95. The number of hydrogen-bond acceptors (Lipinski definition) is 1. The maximum absolute atomic E-state index is 6.38. The molecular weight excluding hydrogens is 324 g/mol. The second kappa shape index (κ2) is 8.32. The van der Waals surface area contributed by atoms with Gasteiger partial charge in [-0.2, -0.15) is 0 Å². The number of nitrogens with one attached hydrogen (secondary N) is 1. The molecule has 122 valence electrons. The van der Waals surface area contributed by atoms with Gasteiger partial charge in [-0.1, -0.05) is 54.9 Å². The Balaban J connectivity index is 2.15. The van der Waals surface area contributed by atoms with Crippen LogP contribution >= 0.6 is 23.8 Å². The van der Waals surface area contributed by atoms with E-state index in [2.05, 4.69) is 47.5 Å².